The maximum atomic E-state index is 13.9. The van der Waals surface area contributed by atoms with Crippen molar-refractivity contribution in [1.29, 1.82) is 0 Å². The zero-order valence-electron chi connectivity index (χ0n) is 15.3. The number of imide groups is 1. The summed E-state index contributed by atoms with van der Waals surface area (Å²) < 4.78 is 27.8. The van der Waals surface area contributed by atoms with Crippen molar-refractivity contribution < 1.29 is 23.5 Å². The van der Waals surface area contributed by atoms with Gasteiger partial charge in [-0.05, 0) is 55.2 Å². The van der Waals surface area contributed by atoms with E-state index in [2.05, 4.69) is 5.32 Å². The predicted octanol–water partition coefficient (Wildman–Crippen LogP) is 4.37. The maximum Gasteiger partial charge on any atom is 0.290 e. The number of thioether (sulfide) groups is 1. The van der Waals surface area contributed by atoms with Crippen LogP contribution in [-0.2, 0) is 10.7 Å². The lowest BCUT2D eigenvalue weighted by atomic mass is 9.93. The van der Waals surface area contributed by atoms with Crippen LogP contribution in [0.1, 0.15) is 37.3 Å². The summed E-state index contributed by atoms with van der Waals surface area (Å²) in [7, 11) is 0. The number of carbonyl (C=O) groups excluding carboxylic acids is 2. The average molecular weight is 431 g/mol. The first-order chi connectivity index (χ1) is 13.2. The van der Waals surface area contributed by atoms with Crippen molar-refractivity contribution in [3.05, 3.63) is 33.2 Å². The molecule has 0 aromatic heterocycles. The maximum absolute atomic E-state index is 13.9. The lowest BCUT2D eigenvalue weighted by molar-refractivity contribution is -0.115. The average Bonchev–Trinajstić information content (AvgIpc) is 2.92. The van der Waals surface area contributed by atoms with Crippen LogP contribution >= 0.6 is 23.4 Å². The summed E-state index contributed by atoms with van der Waals surface area (Å²) in [4.78, 5) is 25.5. The van der Waals surface area contributed by atoms with Crippen molar-refractivity contribution in [2.24, 2.45) is 5.92 Å². The van der Waals surface area contributed by atoms with Crippen molar-refractivity contribution in [3.63, 3.8) is 0 Å². The van der Waals surface area contributed by atoms with Crippen LogP contribution in [-0.4, -0.2) is 35.9 Å². The molecule has 0 saturated carbocycles. The molecular formula is C19H21ClF2N2O3S. The predicted molar refractivity (Wildman–Crippen MR) is 107 cm³/mol. The van der Waals surface area contributed by atoms with Crippen LogP contribution in [0, 0.1) is 5.92 Å². The molecule has 9 heteroatoms. The summed E-state index contributed by atoms with van der Waals surface area (Å²) in [5.74, 6) is -3.23. The highest BCUT2D eigenvalue weighted by Gasteiger charge is 2.30. The minimum absolute atomic E-state index is 0.142. The van der Waals surface area contributed by atoms with Gasteiger partial charge in [-0.1, -0.05) is 11.6 Å². The number of amides is 2. The van der Waals surface area contributed by atoms with Gasteiger partial charge in [0.2, 0.25) is 0 Å². The molecule has 2 amide bonds. The summed E-state index contributed by atoms with van der Waals surface area (Å²) in [5.41, 5.74) is 0.715. The molecule has 5 nitrogen and oxygen atoms in total. The van der Waals surface area contributed by atoms with Gasteiger partial charge in [-0.25, -0.2) is 8.78 Å². The van der Waals surface area contributed by atoms with Gasteiger partial charge in [0, 0.05) is 37.7 Å². The highest BCUT2D eigenvalue weighted by atomic mass is 35.5. The van der Waals surface area contributed by atoms with Gasteiger partial charge in [-0.15, -0.1) is 0 Å². The standard InChI is InChI=1S/C19H21ClF2N2O3S/c1-19(21,22)13-8-12(9-15-17(26)23-18(27)28-15)16(14(20)10-13)24-5-2-11(3-6-24)4-7-25/h8-11,25H,2-7H2,1H3,(H,23,26,27)/b15-9-. The minimum Gasteiger partial charge on any atom is -0.396 e. The lowest BCUT2D eigenvalue weighted by Crippen LogP contribution is -2.34. The topological polar surface area (TPSA) is 69.6 Å². The molecule has 2 fully saturated rings. The lowest BCUT2D eigenvalue weighted by Gasteiger charge is -2.35. The zero-order chi connectivity index (χ0) is 20.5. The molecular weight excluding hydrogens is 410 g/mol. The van der Waals surface area contributed by atoms with Gasteiger partial charge >= 0.3 is 0 Å². The van der Waals surface area contributed by atoms with E-state index in [1.54, 1.807) is 0 Å². The van der Waals surface area contributed by atoms with Gasteiger partial charge < -0.3 is 10.0 Å². The first-order valence-corrected chi connectivity index (χ1v) is 10.2. The van der Waals surface area contributed by atoms with Gasteiger partial charge in [-0.3, -0.25) is 14.9 Å². The number of alkyl halides is 2. The van der Waals surface area contributed by atoms with Gasteiger partial charge in [0.25, 0.3) is 17.1 Å². The number of hydrogen-bond acceptors (Lipinski definition) is 5. The number of piperidine rings is 1. The van der Waals surface area contributed by atoms with Crippen LogP contribution in [0.5, 0.6) is 0 Å². The molecule has 2 heterocycles. The van der Waals surface area contributed by atoms with E-state index in [4.69, 9.17) is 16.7 Å². The molecule has 0 aliphatic carbocycles. The van der Waals surface area contributed by atoms with E-state index in [-0.39, 0.29) is 22.1 Å². The third kappa shape index (κ3) is 4.67. The summed E-state index contributed by atoms with van der Waals surface area (Å²) >= 11 is 7.14. The van der Waals surface area contributed by atoms with Crippen molar-refractivity contribution in [2.45, 2.75) is 32.1 Å². The fourth-order valence-corrected chi connectivity index (χ4v) is 4.53. The van der Waals surface area contributed by atoms with E-state index >= 15 is 0 Å². The molecule has 0 bridgehead atoms. The SMILES string of the molecule is CC(F)(F)c1cc(Cl)c(N2CCC(CCO)CC2)c(/C=C2\SC(=O)NC2=O)c1. The molecule has 0 unspecified atom stereocenters. The molecule has 0 spiro atoms. The Hall–Kier alpha value is -1.64. The molecule has 1 aromatic carbocycles. The molecule has 3 rings (SSSR count). The normalized spacial score (nSPS) is 20.2. The van der Waals surface area contributed by atoms with Crippen molar-refractivity contribution in [3.8, 4) is 0 Å². The van der Waals surface area contributed by atoms with Crippen LogP contribution in [0.3, 0.4) is 0 Å². The number of carbonyl (C=O) groups is 2. The Morgan fingerprint density at radius 2 is 2.04 bits per heavy atom. The molecule has 0 radical (unpaired) electrons. The number of hydrogen-bond donors (Lipinski definition) is 2. The van der Waals surface area contributed by atoms with Crippen LogP contribution in [0.4, 0.5) is 19.3 Å². The number of benzene rings is 1. The monoisotopic (exact) mass is 430 g/mol. The number of rotatable bonds is 5. The fourth-order valence-electron chi connectivity index (χ4n) is 3.51. The molecule has 2 saturated heterocycles. The summed E-state index contributed by atoms with van der Waals surface area (Å²) in [6.45, 7) is 2.26. The number of halogens is 3. The van der Waals surface area contributed by atoms with Crippen LogP contribution in [0.15, 0.2) is 17.0 Å². The fraction of sp³-hybridized carbons (Fsp3) is 0.474. The van der Waals surface area contributed by atoms with E-state index in [1.807, 2.05) is 4.90 Å². The number of aliphatic hydroxyl groups excluding tert-OH is 1. The Balaban J connectivity index is 2.00. The third-order valence-electron chi connectivity index (χ3n) is 5.00. The number of nitrogens with zero attached hydrogens (tertiary/aromatic N) is 1. The number of aliphatic hydroxyl groups is 1. The van der Waals surface area contributed by atoms with E-state index < -0.39 is 17.1 Å². The second-order valence-corrected chi connectivity index (χ2v) is 8.50. The minimum atomic E-state index is -3.09. The van der Waals surface area contributed by atoms with Crippen LogP contribution in [0.2, 0.25) is 5.02 Å². The Kier molecular flexibility index (Phi) is 6.31. The molecule has 28 heavy (non-hydrogen) atoms. The molecule has 2 aliphatic heterocycles. The molecule has 2 aliphatic rings. The first-order valence-electron chi connectivity index (χ1n) is 9.01. The van der Waals surface area contributed by atoms with Crippen molar-refractivity contribution in [2.75, 3.05) is 24.6 Å². The molecule has 0 atom stereocenters. The van der Waals surface area contributed by atoms with Gasteiger partial charge in [-0.2, -0.15) is 0 Å². The number of anilines is 1. The zero-order valence-corrected chi connectivity index (χ0v) is 16.9. The Labute approximate surface area is 171 Å². The second kappa shape index (κ2) is 8.39. The summed E-state index contributed by atoms with van der Waals surface area (Å²) in [5, 5.41) is 11.0. The van der Waals surface area contributed by atoms with E-state index in [0.717, 1.165) is 37.9 Å². The molecule has 1 aromatic rings. The second-order valence-electron chi connectivity index (χ2n) is 7.08. The van der Waals surface area contributed by atoms with Gasteiger partial charge in [0.1, 0.15) is 0 Å². The quantitative estimate of drug-likeness (QED) is 0.678. The molecule has 2 N–H and O–H groups in total. The third-order valence-corrected chi connectivity index (χ3v) is 6.10. The van der Waals surface area contributed by atoms with Crippen molar-refractivity contribution in [1.82, 2.24) is 5.32 Å². The Bertz CT molecular complexity index is 818. The molecule has 152 valence electrons. The number of nitrogens with one attached hydrogen (secondary N) is 1. The highest BCUT2D eigenvalue weighted by molar-refractivity contribution is 8.18. The Morgan fingerprint density at radius 3 is 2.57 bits per heavy atom. The Morgan fingerprint density at radius 1 is 1.36 bits per heavy atom. The van der Waals surface area contributed by atoms with E-state index in [1.165, 1.54) is 18.2 Å². The van der Waals surface area contributed by atoms with Crippen LogP contribution in [0.25, 0.3) is 6.08 Å². The van der Waals surface area contributed by atoms with Gasteiger partial charge in [0.15, 0.2) is 0 Å². The van der Waals surface area contributed by atoms with Gasteiger partial charge in [0.05, 0.1) is 15.6 Å². The van der Waals surface area contributed by atoms with E-state index in [9.17, 15) is 18.4 Å². The smallest absolute Gasteiger partial charge is 0.290 e. The van der Waals surface area contributed by atoms with Crippen LogP contribution < -0.4 is 10.2 Å². The van der Waals surface area contributed by atoms with Crippen molar-refractivity contribution >= 4 is 46.3 Å². The summed E-state index contributed by atoms with van der Waals surface area (Å²) in [6.07, 6.45) is 3.89. The first kappa shape index (κ1) is 21.1. The highest BCUT2D eigenvalue weighted by Crippen LogP contribution is 2.40. The largest absolute Gasteiger partial charge is 0.396 e. The van der Waals surface area contributed by atoms with E-state index in [0.29, 0.717) is 30.3 Å². The summed E-state index contributed by atoms with van der Waals surface area (Å²) in [6, 6.07) is 2.58.